The first-order chi connectivity index (χ1) is 8.49. The minimum Gasteiger partial charge on any atom is -0.484 e. The van der Waals surface area contributed by atoms with Crippen LogP contribution in [0.2, 0.25) is 0 Å². The van der Waals surface area contributed by atoms with Crippen LogP contribution in [0.5, 0.6) is 5.75 Å². The fraction of sp³-hybridized carbons (Fsp3) is 0.273. The molecule has 6 nitrogen and oxygen atoms in total. The first-order valence-electron chi connectivity index (χ1n) is 5.11. The molecule has 0 aliphatic rings. The number of hydrogen-bond donors (Lipinski definition) is 3. The average Bonchev–Trinajstić information content (AvgIpc) is 2.33. The van der Waals surface area contributed by atoms with Crippen molar-refractivity contribution >= 4 is 27.7 Å². The van der Waals surface area contributed by atoms with E-state index in [1.807, 2.05) is 6.07 Å². The van der Waals surface area contributed by atoms with E-state index in [1.165, 1.54) is 0 Å². The Bertz CT molecular complexity index is 439. The lowest BCUT2D eigenvalue weighted by atomic mass is 10.3. The van der Waals surface area contributed by atoms with Gasteiger partial charge in [0.15, 0.2) is 6.61 Å². The highest BCUT2D eigenvalue weighted by Crippen LogP contribution is 2.17. The van der Waals surface area contributed by atoms with Gasteiger partial charge in [0, 0.05) is 4.47 Å². The summed E-state index contributed by atoms with van der Waals surface area (Å²) in [6.45, 7) is -0.433. The predicted octanol–water partition coefficient (Wildman–Crippen LogP) is -0.210. The number of halogens is 1. The first-order valence-corrected chi connectivity index (χ1v) is 5.91. The standard InChI is InChI=1S/C11H13BrN2O4/c12-7-2-1-3-8(4-7)18-6-10(16)14-5-9(15)11(13)17/h1-4,9,15H,5-6H2,(H2,13,17)(H,14,16). The van der Waals surface area contributed by atoms with E-state index < -0.39 is 17.9 Å². The quantitative estimate of drug-likeness (QED) is 0.676. The lowest BCUT2D eigenvalue weighted by Crippen LogP contribution is -2.41. The van der Waals surface area contributed by atoms with Crippen molar-refractivity contribution in [3.63, 3.8) is 0 Å². The summed E-state index contributed by atoms with van der Waals surface area (Å²) in [7, 11) is 0. The van der Waals surface area contributed by atoms with Gasteiger partial charge >= 0.3 is 0 Å². The number of nitrogens with two attached hydrogens (primary N) is 1. The molecule has 7 heteroatoms. The first kappa shape index (κ1) is 14.5. The molecule has 0 fully saturated rings. The molecule has 0 saturated heterocycles. The SMILES string of the molecule is NC(=O)C(O)CNC(=O)COc1cccc(Br)c1. The van der Waals surface area contributed by atoms with Crippen LogP contribution in [0.1, 0.15) is 0 Å². The molecule has 0 spiro atoms. The molecule has 0 heterocycles. The summed E-state index contributed by atoms with van der Waals surface area (Å²) in [4.78, 5) is 21.8. The van der Waals surface area contributed by atoms with Crippen LogP contribution in [0.15, 0.2) is 28.7 Å². The molecule has 1 rings (SSSR count). The third kappa shape index (κ3) is 5.15. The van der Waals surface area contributed by atoms with E-state index in [4.69, 9.17) is 15.6 Å². The Morgan fingerprint density at radius 1 is 1.50 bits per heavy atom. The molecule has 98 valence electrons. The molecule has 0 aliphatic heterocycles. The van der Waals surface area contributed by atoms with Gasteiger partial charge in [0.1, 0.15) is 11.9 Å². The van der Waals surface area contributed by atoms with Gasteiger partial charge in [-0.05, 0) is 18.2 Å². The lowest BCUT2D eigenvalue weighted by Gasteiger charge is -2.09. The number of benzene rings is 1. The highest BCUT2D eigenvalue weighted by Gasteiger charge is 2.12. The van der Waals surface area contributed by atoms with Crippen LogP contribution in [0.4, 0.5) is 0 Å². The average molecular weight is 317 g/mol. The number of nitrogens with one attached hydrogen (secondary N) is 1. The van der Waals surface area contributed by atoms with E-state index in [0.29, 0.717) is 5.75 Å². The smallest absolute Gasteiger partial charge is 0.258 e. The maximum Gasteiger partial charge on any atom is 0.258 e. The summed E-state index contributed by atoms with van der Waals surface area (Å²) in [5, 5.41) is 11.4. The van der Waals surface area contributed by atoms with Gasteiger partial charge in [-0.25, -0.2) is 0 Å². The van der Waals surface area contributed by atoms with Crippen molar-refractivity contribution in [2.75, 3.05) is 13.2 Å². The number of carbonyl (C=O) groups is 2. The minimum atomic E-state index is -1.39. The normalized spacial score (nSPS) is 11.7. The topological polar surface area (TPSA) is 102 Å². The summed E-state index contributed by atoms with van der Waals surface area (Å²) in [5.74, 6) is -0.798. The molecule has 1 atom stereocenters. The summed E-state index contributed by atoms with van der Waals surface area (Å²) in [6.07, 6.45) is -1.39. The van der Waals surface area contributed by atoms with Crippen molar-refractivity contribution in [1.82, 2.24) is 5.32 Å². The Hall–Kier alpha value is -1.60. The van der Waals surface area contributed by atoms with E-state index in [2.05, 4.69) is 21.2 Å². The summed E-state index contributed by atoms with van der Waals surface area (Å²) < 4.78 is 6.04. The predicted molar refractivity (Wildman–Crippen MR) is 67.8 cm³/mol. The maximum atomic E-state index is 11.3. The van der Waals surface area contributed by atoms with Gasteiger partial charge in [-0.3, -0.25) is 9.59 Å². The number of aliphatic hydroxyl groups excluding tert-OH is 1. The van der Waals surface area contributed by atoms with Gasteiger partial charge in [0.05, 0.1) is 6.54 Å². The largest absolute Gasteiger partial charge is 0.484 e. The van der Waals surface area contributed by atoms with E-state index in [0.717, 1.165) is 4.47 Å². The zero-order valence-electron chi connectivity index (χ0n) is 9.43. The Morgan fingerprint density at radius 3 is 2.83 bits per heavy atom. The van der Waals surface area contributed by atoms with Gasteiger partial charge in [-0.15, -0.1) is 0 Å². The molecule has 0 aromatic heterocycles. The van der Waals surface area contributed by atoms with Crippen LogP contribution in [0.25, 0.3) is 0 Å². The van der Waals surface area contributed by atoms with E-state index in [-0.39, 0.29) is 13.2 Å². The van der Waals surface area contributed by atoms with Crippen LogP contribution < -0.4 is 15.8 Å². The van der Waals surface area contributed by atoms with Crippen LogP contribution in [0, 0.1) is 0 Å². The molecular formula is C11H13BrN2O4. The zero-order valence-corrected chi connectivity index (χ0v) is 11.0. The van der Waals surface area contributed by atoms with Crippen LogP contribution in [-0.4, -0.2) is 36.2 Å². The zero-order chi connectivity index (χ0) is 13.5. The second-order valence-electron chi connectivity index (χ2n) is 3.47. The molecule has 0 bridgehead atoms. The molecular weight excluding hydrogens is 304 g/mol. The maximum absolute atomic E-state index is 11.3. The van der Waals surface area contributed by atoms with Crippen molar-refractivity contribution in [1.29, 1.82) is 0 Å². The Balaban J connectivity index is 2.31. The molecule has 0 aliphatic carbocycles. The Morgan fingerprint density at radius 2 is 2.22 bits per heavy atom. The van der Waals surface area contributed by atoms with Crippen molar-refractivity contribution in [2.45, 2.75) is 6.10 Å². The third-order valence-electron chi connectivity index (χ3n) is 1.99. The second-order valence-corrected chi connectivity index (χ2v) is 4.38. The van der Waals surface area contributed by atoms with E-state index in [1.54, 1.807) is 18.2 Å². The number of ether oxygens (including phenoxy) is 1. The van der Waals surface area contributed by atoms with Crippen molar-refractivity contribution < 1.29 is 19.4 Å². The van der Waals surface area contributed by atoms with Gasteiger partial charge in [-0.1, -0.05) is 22.0 Å². The molecule has 0 saturated carbocycles. The summed E-state index contributed by atoms with van der Waals surface area (Å²) >= 11 is 3.27. The Labute approximate surface area is 112 Å². The van der Waals surface area contributed by atoms with Crippen molar-refractivity contribution in [3.05, 3.63) is 28.7 Å². The summed E-state index contributed by atoms with van der Waals surface area (Å²) in [5.41, 5.74) is 4.83. The third-order valence-corrected chi connectivity index (χ3v) is 2.48. The molecule has 2 amide bonds. The van der Waals surface area contributed by atoms with Gasteiger partial charge in [0.2, 0.25) is 5.91 Å². The van der Waals surface area contributed by atoms with Gasteiger partial charge < -0.3 is 20.9 Å². The van der Waals surface area contributed by atoms with Gasteiger partial charge in [-0.2, -0.15) is 0 Å². The van der Waals surface area contributed by atoms with Gasteiger partial charge in [0.25, 0.3) is 5.91 Å². The highest BCUT2D eigenvalue weighted by atomic mass is 79.9. The van der Waals surface area contributed by atoms with E-state index in [9.17, 15) is 9.59 Å². The molecule has 4 N–H and O–H groups in total. The van der Waals surface area contributed by atoms with Crippen LogP contribution in [-0.2, 0) is 9.59 Å². The van der Waals surface area contributed by atoms with Crippen LogP contribution in [0.3, 0.4) is 0 Å². The molecule has 0 radical (unpaired) electrons. The molecule has 1 aromatic carbocycles. The summed E-state index contributed by atoms with van der Waals surface area (Å²) in [6, 6.07) is 7.02. The van der Waals surface area contributed by atoms with Crippen molar-refractivity contribution in [2.24, 2.45) is 5.73 Å². The highest BCUT2D eigenvalue weighted by molar-refractivity contribution is 9.10. The van der Waals surface area contributed by atoms with Crippen LogP contribution >= 0.6 is 15.9 Å². The molecule has 1 unspecified atom stereocenters. The fourth-order valence-corrected chi connectivity index (χ4v) is 1.45. The van der Waals surface area contributed by atoms with Crippen molar-refractivity contribution in [3.8, 4) is 5.75 Å². The Kier molecular flexibility index (Phi) is 5.60. The van der Waals surface area contributed by atoms with E-state index >= 15 is 0 Å². The number of carbonyl (C=O) groups excluding carboxylic acids is 2. The lowest BCUT2D eigenvalue weighted by molar-refractivity contribution is -0.127. The molecule has 1 aromatic rings. The minimum absolute atomic E-state index is 0.206. The number of aliphatic hydroxyl groups is 1. The number of hydrogen-bond acceptors (Lipinski definition) is 4. The number of amides is 2. The fourth-order valence-electron chi connectivity index (χ4n) is 1.07. The monoisotopic (exact) mass is 316 g/mol. The molecule has 18 heavy (non-hydrogen) atoms. The number of rotatable bonds is 6. The second kappa shape index (κ2) is 6.97. The number of primary amides is 1.